The fourth-order valence-electron chi connectivity index (χ4n) is 4.56. The third-order valence-corrected chi connectivity index (χ3v) is 6.87. The fraction of sp³-hybridized carbons (Fsp3) is 0.429. The summed E-state index contributed by atoms with van der Waals surface area (Å²) >= 11 is 2.27. The molecule has 34 heavy (non-hydrogen) atoms. The average Bonchev–Trinajstić information content (AvgIpc) is 2.97. The number of aliphatic hydroxyl groups excluding tert-OH is 2. The molecule has 0 aromatic carbocycles. The van der Waals surface area contributed by atoms with Gasteiger partial charge in [-0.2, -0.15) is 8.78 Å². The summed E-state index contributed by atoms with van der Waals surface area (Å²) in [7, 11) is 0. The van der Waals surface area contributed by atoms with E-state index in [0.29, 0.717) is 12.0 Å². The first-order valence-electron chi connectivity index (χ1n) is 11.4. The summed E-state index contributed by atoms with van der Waals surface area (Å²) in [4.78, 5) is 0. The van der Waals surface area contributed by atoms with Crippen LogP contribution in [0.4, 0.5) is 8.78 Å². The van der Waals surface area contributed by atoms with E-state index in [4.69, 9.17) is 4.74 Å². The van der Waals surface area contributed by atoms with Gasteiger partial charge in [0.25, 0.3) is 0 Å². The van der Waals surface area contributed by atoms with E-state index in [1.54, 1.807) is 30.4 Å². The molecule has 1 unspecified atom stereocenters. The number of halogens is 3. The van der Waals surface area contributed by atoms with Crippen LogP contribution >= 0.6 is 22.6 Å². The van der Waals surface area contributed by atoms with Gasteiger partial charge in [-0.05, 0) is 70.9 Å². The maximum Gasteiger partial charge on any atom is 0.426 e. The molecule has 1 atom stereocenters. The Balaban J connectivity index is 1.99. The SMILES string of the molecule is CC1(C)C=C(O)C=C2C=CC(C(F)(F)OC3=CC(C)(CCCI)C=C(O)C=C3)=CC(C)(C)C2=C1. The third kappa shape index (κ3) is 6.32. The number of hydrogen-bond donors (Lipinski definition) is 2. The Morgan fingerprint density at radius 2 is 1.59 bits per heavy atom. The minimum absolute atomic E-state index is 0.00645. The van der Waals surface area contributed by atoms with Crippen molar-refractivity contribution < 1.29 is 23.7 Å². The Morgan fingerprint density at radius 1 is 0.882 bits per heavy atom. The van der Waals surface area contributed by atoms with Crippen LogP contribution in [0.2, 0.25) is 0 Å². The highest BCUT2D eigenvalue weighted by Gasteiger charge is 2.41. The minimum Gasteiger partial charge on any atom is -0.508 e. The van der Waals surface area contributed by atoms with E-state index in [-0.39, 0.29) is 22.9 Å². The van der Waals surface area contributed by atoms with Crippen molar-refractivity contribution in [3.8, 4) is 0 Å². The van der Waals surface area contributed by atoms with E-state index >= 15 is 8.78 Å². The van der Waals surface area contributed by atoms with Gasteiger partial charge in [0.2, 0.25) is 0 Å². The molecule has 3 rings (SSSR count). The summed E-state index contributed by atoms with van der Waals surface area (Å²) in [5, 5.41) is 20.4. The molecule has 0 aromatic rings. The van der Waals surface area contributed by atoms with Gasteiger partial charge in [0.1, 0.15) is 17.3 Å². The van der Waals surface area contributed by atoms with Crippen LogP contribution in [0.15, 0.2) is 94.8 Å². The first kappa shape index (κ1) is 26.5. The summed E-state index contributed by atoms with van der Waals surface area (Å²) in [5.74, 6) is 0.135. The van der Waals surface area contributed by atoms with Crippen LogP contribution in [0, 0.1) is 16.2 Å². The second-order valence-corrected chi connectivity index (χ2v) is 11.6. The zero-order chi connectivity index (χ0) is 25.4. The van der Waals surface area contributed by atoms with E-state index in [9.17, 15) is 10.2 Å². The first-order chi connectivity index (χ1) is 15.6. The van der Waals surface area contributed by atoms with Gasteiger partial charge in [-0.3, -0.25) is 0 Å². The first-order valence-corrected chi connectivity index (χ1v) is 12.9. The molecule has 0 amide bonds. The Labute approximate surface area is 214 Å². The van der Waals surface area contributed by atoms with Crippen LogP contribution < -0.4 is 0 Å². The normalized spacial score (nSPS) is 25.9. The number of fused-ring (bicyclic) bond motifs is 1. The van der Waals surface area contributed by atoms with Crippen molar-refractivity contribution in [2.45, 2.75) is 53.6 Å². The summed E-state index contributed by atoms with van der Waals surface area (Å²) < 4.78 is 37.3. The van der Waals surface area contributed by atoms with Gasteiger partial charge >= 0.3 is 6.11 Å². The predicted octanol–water partition coefficient (Wildman–Crippen LogP) is 8.57. The zero-order valence-corrected chi connectivity index (χ0v) is 22.5. The van der Waals surface area contributed by atoms with E-state index in [1.165, 1.54) is 24.3 Å². The van der Waals surface area contributed by atoms with E-state index in [1.807, 2.05) is 40.7 Å². The monoisotopic (exact) mass is 582 g/mol. The molecule has 0 aliphatic heterocycles. The Kier molecular flexibility index (Phi) is 7.42. The largest absolute Gasteiger partial charge is 0.508 e. The molecule has 0 saturated heterocycles. The molecule has 3 nitrogen and oxygen atoms in total. The van der Waals surface area contributed by atoms with Crippen molar-refractivity contribution in [2.75, 3.05) is 4.43 Å². The van der Waals surface area contributed by atoms with Crippen molar-refractivity contribution in [1.82, 2.24) is 0 Å². The van der Waals surface area contributed by atoms with Crippen LogP contribution in [0.1, 0.15) is 47.5 Å². The second-order valence-electron chi connectivity index (χ2n) is 10.6. The maximum absolute atomic E-state index is 15.5. The Bertz CT molecular complexity index is 1080. The molecule has 0 fully saturated rings. The Morgan fingerprint density at radius 3 is 2.26 bits per heavy atom. The summed E-state index contributed by atoms with van der Waals surface area (Å²) in [6, 6.07) is 0. The number of hydrogen-bond acceptors (Lipinski definition) is 3. The van der Waals surface area contributed by atoms with Crippen LogP contribution in [-0.4, -0.2) is 20.7 Å². The maximum atomic E-state index is 15.5. The lowest BCUT2D eigenvalue weighted by Gasteiger charge is -2.29. The molecule has 3 aliphatic carbocycles. The molecule has 184 valence electrons. The number of alkyl halides is 3. The smallest absolute Gasteiger partial charge is 0.426 e. The second kappa shape index (κ2) is 9.51. The van der Waals surface area contributed by atoms with Crippen LogP contribution in [0.3, 0.4) is 0 Å². The number of allylic oxidation sites excluding steroid dienone is 11. The van der Waals surface area contributed by atoms with Crippen molar-refractivity contribution in [2.24, 2.45) is 16.2 Å². The van der Waals surface area contributed by atoms with E-state index in [0.717, 1.165) is 16.4 Å². The third-order valence-electron chi connectivity index (χ3n) is 6.10. The highest BCUT2D eigenvalue weighted by molar-refractivity contribution is 14.1. The highest BCUT2D eigenvalue weighted by atomic mass is 127. The lowest BCUT2D eigenvalue weighted by atomic mass is 9.76. The zero-order valence-electron chi connectivity index (χ0n) is 20.3. The van der Waals surface area contributed by atoms with Crippen LogP contribution in [0.5, 0.6) is 0 Å². The average molecular weight is 582 g/mol. The minimum atomic E-state index is -3.61. The number of aliphatic hydroxyl groups is 2. The molecular formula is C28H33F2IO3. The van der Waals surface area contributed by atoms with Crippen molar-refractivity contribution in [3.05, 3.63) is 94.8 Å². The predicted molar refractivity (Wildman–Crippen MR) is 142 cm³/mol. The fourth-order valence-corrected chi connectivity index (χ4v) is 4.94. The molecule has 0 bridgehead atoms. The van der Waals surface area contributed by atoms with Gasteiger partial charge < -0.3 is 14.9 Å². The van der Waals surface area contributed by atoms with Crippen molar-refractivity contribution in [1.29, 1.82) is 0 Å². The molecule has 0 spiro atoms. The van der Waals surface area contributed by atoms with Gasteiger partial charge in [0.15, 0.2) is 0 Å². The highest BCUT2D eigenvalue weighted by Crippen LogP contribution is 2.45. The van der Waals surface area contributed by atoms with Gasteiger partial charge in [-0.25, -0.2) is 0 Å². The Hall–Kier alpha value is -2.09. The molecule has 0 aromatic heterocycles. The summed E-state index contributed by atoms with van der Waals surface area (Å²) in [5.41, 5.74) is -0.508. The quantitative estimate of drug-likeness (QED) is 0.244. The topological polar surface area (TPSA) is 49.7 Å². The molecule has 0 saturated carbocycles. The van der Waals surface area contributed by atoms with E-state index < -0.39 is 22.4 Å². The molecule has 2 N–H and O–H groups in total. The molecular weight excluding hydrogens is 549 g/mol. The lowest BCUT2D eigenvalue weighted by Crippen LogP contribution is -2.25. The van der Waals surface area contributed by atoms with Gasteiger partial charge in [0.05, 0.1) is 5.57 Å². The van der Waals surface area contributed by atoms with Gasteiger partial charge in [-0.15, -0.1) is 0 Å². The molecule has 3 aliphatic rings. The number of ether oxygens (including phenoxy) is 1. The summed E-state index contributed by atoms with van der Waals surface area (Å²) in [6.07, 6.45) is 13.9. The van der Waals surface area contributed by atoms with Crippen LogP contribution in [-0.2, 0) is 4.74 Å². The van der Waals surface area contributed by atoms with Crippen molar-refractivity contribution in [3.63, 3.8) is 0 Å². The molecule has 6 heteroatoms. The molecule has 0 heterocycles. The van der Waals surface area contributed by atoms with Crippen molar-refractivity contribution >= 4 is 22.6 Å². The van der Waals surface area contributed by atoms with Gasteiger partial charge in [-0.1, -0.05) is 75.4 Å². The lowest BCUT2D eigenvalue weighted by molar-refractivity contribution is -0.177. The standard InChI is InChI=1S/C28H33F2IO3/c1-25(2)15-22(33)13-19-7-8-20(14-26(3,4)24(19)18-25)28(29,30)34-23-10-9-21(32)16-27(5,17-23)11-6-12-31/h7-10,13-18,32-33H,6,11-12H2,1-5H3. The summed E-state index contributed by atoms with van der Waals surface area (Å²) in [6.45, 7) is 9.57. The van der Waals surface area contributed by atoms with Gasteiger partial charge in [0, 0.05) is 16.2 Å². The molecule has 0 radical (unpaired) electrons. The van der Waals surface area contributed by atoms with E-state index in [2.05, 4.69) is 22.6 Å². The number of rotatable bonds is 6. The van der Waals surface area contributed by atoms with Crippen LogP contribution in [0.25, 0.3) is 0 Å².